The normalized spacial score (nSPS) is 13.6. The minimum atomic E-state index is -0.232. The van der Waals surface area contributed by atoms with Crippen molar-refractivity contribution in [1.29, 1.82) is 0 Å². The third-order valence-electron chi connectivity index (χ3n) is 6.79. The molecule has 0 unspecified atom stereocenters. The smallest absolute Gasteiger partial charge is 0.256 e. The number of aldehydes is 1. The van der Waals surface area contributed by atoms with Crippen LogP contribution >= 0.6 is 0 Å². The van der Waals surface area contributed by atoms with E-state index >= 15 is 0 Å². The van der Waals surface area contributed by atoms with Gasteiger partial charge in [-0.3, -0.25) is 19.6 Å². The number of rotatable bonds is 11. The van der Waals surface area contributed by atoms with Gasteiger partial charge in [0.1, 0.15) is 29.4 Å². The lowest BCUT2D eigenvalue weighted by atomic mass is 10.1. The van der Waals surface area contributed by atoms with E-state index in [9.17, 15) is 4.79 Å². The third kappa shape index (κ3) is 11.8. The molecule has 0 atom stereocenters. The van der Waals surface area contributed by atoms with Crippen molar-refractivity contribution in [3.8, 4) is 17.2 Å². The second-order valence-corrected chi connectivity index (χ2v) is 9.83. The van der Waals surface area contributed by atoms with Gasteiger partial charge in [-0.05, 0) is 68.9 Å². The summed E-state index contributed by atoms with van der Waals surface area (Å²) >= 11 is 0. The maximum absolute atomic E-state index is 12.5. The zero-order valence-corrected chi connectivity index (χ0v) is 27.5. The van der Waals surface area contributed by atoms with E-state index in [-0.39, 0.29) is 5.91 Å². The largest absolute Gasteiger partial charge is 0.491 e. The molecular weight excluding hydrogens is 568 g/mol. The minimum absolute atomic E-state index is 0.232. The number of aromatic nitrogens is 1. The molecule has 1 saturated heterocycles. The van der Waals surface area contributed by atoms with Crippen LogP contribution in [0.15, 0.2) is 78.5 Å². The van der Waals surface area contributed by atoms with Crippen LogP contribution in [-0.4, -0.2) is 93.3 Å². The number of pyridine rings is 1. The number of amides is 1. The zero-order chi connectivity index (χ0) is 33.0. The molecule has 1 fully saturated rings. The Labute approximate surface area is 267 Å². The van der Waals surface area contributed by atoms with Crippen LogP contribution in [0.25, 0.3) is 10.9 Å². The van der Waals surface area contributed by atoms with Gasteiger partial charge < -0.3 is 29.9 Å². The number of carbonyl (C=O) groups excluding carboxylic acids is 2. The molecule has 0 bridgehead atoms. The van der Waals surface area contributed by atoms with Gasteiger partial charge in [-0.1, -0.05) is 26.5 Å². The topological polar surface area (TPSA) is 108 Å². The van der Waals surface area contributed by atoms with E-state index in [1.807, 2.05) is 52.1 Å². The number of allylic oxidation sites excluding steroid dienone is 2. The highest BCUT2D eigenvalue weighted by molar-refractivity contribution is 6.10. The lowest BCUT2D eigenvalue weighted by molar-refractivity contribution is -0.104. The van der Waals surface area contributed by atoms with Crippen molar-refractivity contribution in [3.05, 3.63) is 79.0 Å². The summed E-state index contributed by atoms with van der Waals surface area (Å²) in [5.41, 5.74) is 2.17. The molecule has 3 aromatic rings. The Morgan fingerprint density at radius 3 is 2.38 bits per heavy atom. The molecular formula is C35H48N6O4. The van der Waals surface area contributed by atoms with Crippen LogP contribution in [0.3, 0.4) is 0 Å². The highest BCUT2D eigenvalue weighted by Crippen LogP contribution is 2.35. The number of hydrogen-bond donors (Lipinski definition) is 2. The van der Waals surface area contributed by atoms with E-state index in [0.717, 1.165) is 61.5 Å². The molecule has 4 rings (SSSR count). The molecule has 0 saturated carbocycles. The van der Waals surface area contributed by atoms with Gasteiger partial charge in [-0.2, -0.15) is 0 Å². The summed E-state index contributed by atoms with van der Waals surface area (Å²) in [5, 5.41) is 6.89. The molecule has 2 N–H and O–H groups in total. The second-order valence-electron chi connectivity index (χ2n) is 9.83. The van der Waals surface area contributed by atoms with Crippen molar-refractivity contribution >= 4 is 34.6 Å². The number of carbonyl (C=O) groups is 2. The number of ether oxygens (including phenoxy) is 2. The van der Waals surface area contributed by atoms with Gasteiger partial charge in [0.15, 0.2) is 0 Å². The number of anilines is 1. The number of hydrogen-bond acceptors (Lipinski definition) is 9. The summed E-state index contributed by atoms with van der Waals surface area (Å²) in [6.45, 7) is 15.1. The van der Waals surface area contributed by atoms with Crippen LogP contribution in [0.5, 0.6) is 17.2 Å². The minimum Gasteiger partial charge on any atom is -0.491 e. The van der Waals surface area contributed by atoms with Crippen molar-refractivity contribution in [2.24, 2.45) is 4.99 Å². The third-order valence-corrected chi connectivity index (χ3v) is 6.79. The number of benzene rings is 2. The fourth-order valence-electron chi connectivity index (χ4n) is 4.41. The average Bonchev–Trinajstić information content (AvgIpc) is 3.08. The molecule has 10 nitrogen and oxygen atoms in total. The predicted octanol–water partition coefficient (Wildman–Crippen LogP) is 5.82. The summed E-state index contributed by atoms with van der Waals surface area (Å²) in [7, 11) is 5.69. The van der Waals surface area contributed by atoms with Gasteiger partial charge in [-0.15, -0.1) is 0 Å². The lowest BCUT2D eigenvalue weighted by Gasteiger charge is -2.32. The molecule has 10 heteroatoms. The first kappa shape index (κ1) is 36.7. The van der Waals surface area contributed by atoms with E-state index in [4.69, 9.17) is 14.3 Å². The van der Waals surface area contributed by atoms with Crippen molar-refractivity contribution in [2.45, 2.75) is 27.2 Å². The molecule has 45 heavy (non-hydrogen) atoms. The second kappa shape index (κ2) is 20.4. The number of nitrogens with zero attached hydrogens (tertiary/aromatic N) is 4. The Balaban J connectivity index is 0.00000109. The molecule has 242 valence electrons. The van der Waals surface area contributed by atoms with E-state index in [1.54, 1.807) is 43.6 Å². The van der Waals surface area contributed by atoms with Crippen LogP contribution in [-0.2, 0) is 4.79 Å². The molecule has 1 aliphatic heterocycles. The maximum Gasteiger partial charge on any atom is 0.256 e. The van der Waals surface area contributed by atoms with Crippen molar-refractivity contribution in [2.75, 3.05) is 65.8 Å². The molecule has 1 aromatic heterocycles. The summed E-state index contributed by atoms with van der Waals surface area (Å²) in [6.07, 6.45) is 8.09. The highest BCUT2D eigenvalue weighted by Gasteiger charge is 2.15. The first-order valence-corrected chi connectivity index (χ1v) is 15.3. The first-order chi connectivity index (χ1) is 21.9. The number of piperazine rings is 1. The Morgan fingerprint density at radius 1 is 1.09 bits per heavy atom. The maximum atomic E-state index is 12.5. The Morgan fingerprint density at radius 2 is 1.78 bits per heavy atom. The Kier molecular flexibility index (Phi) is 16.6. The van der Waals surface area contributed by atoms with Crippen LogP contribution in [0.1, 0.15) is 37.6 Å². The number of nitrogens with one attached hydrogen (secondary N) is 2. The zero-order valence-electron chi connectivity index (χ0n) is 27.5. The lowest BCUT2D eigenvalue weighted by Crippen LogP contribution is -2.44. The number of amidine groups is 1. The number of fused-ring (bicyclic) bond motifs is 1. The van der Waals surface area contributed by atoms with E-state index < -0.39 is 0 Å². The molecule has 0 aliphatic carbocycles. The fraction of sp³-hybridized carbons (Fsp3) is 0.371. The van der Waals surface area contributed by atoms with Crippen LogP contribution in [0, 0.1) is 0 Å². The summed E-state index contributed by atoms with van der Waals surface area (Å²) in [4.78, 5) is 35.0. The predicted molar refractivity (Wildman–Crippen MR) is 185 cm³/mol. The van der Waals surface area contributed by atoms with Crippen LogP contribution < -0.4 is 20.1 Å². The first-order valence-electron chi connectivity index (χ1n) is 15.3. The van der Waals surface area contributed by atoms with Gasteiger partial charge in [0, 0.05) is 70.0 Å². The molecule has 2 aromatic carbocycles. The average molecular weight is 617 g/mol. The van der Waals surface area contributed by atoms with E-state index in [1.165, 1.54) is 6.08 Å². The van der Waals surface area contributed by atoms with E-state index in [2.05, 4.69) is 44.0 Å². The number of aliphatic imine (C=N–C) groups is 1. The van der Waals surface area contributed by atoms with Crippen molar-refractivity contribution in [1.82, 2.24) is 20.1 Å². The van der Waals surface area contributed by atoms with Gasteiger partial charge >= 0.3 is 0 Å². The van der Waals surface area contributed by atoms with Crippen molar-refractivity contribution in [3.63, 3.8) is 0 Å². The monoisotopic (exact) mass is 616 g/mol. The number of likely N-dealkylation sites (N-methyl/N-ethyl adjacent to an activating group) is 1. The Bertz CT molecular complexity index is 1410. The van der Waals surface area contributed by atoms with E-state index in [0.29, 0.717) is 35.8 Å². The molecule has 2 heterocycles. The molecule has 0 radical (unpaired) electrons. The van der Waals surface area contributed by atoms with Gasteiger partial charge in [0.25, 0.3) is 5.91 Å². The fourth-order valence-corrected chi connectivity index (χ4v) is 4.41. The summed E-state index contributed by atoms with van der Waals surface area (Å²) in [5.74, 6) is 2.33. The van der Waals surface area contributed by atoms with Gasteiger partial charge in [0.2, 0.25) is 0 Å². The van der Waals surface area contributed by atoms with Crippen molar-refractivity contribution < 1.29 is 19.1 Å². The molecule has 1 amide bonds. The molecule has 0 spiro atoms. The van der Waals surface area contributed by atoms with Crippen LogP contribution in [0.4, 0.5) is 5.69 Å². The standard InChI is InChI=1S/C30H38N6O3.C3H4O.C2H6/c1-5-7-29(32-3)34-30(37)22-8-10-23(11-9-22)39-27-12-13-33-25-21-28(26(31-2)20-24(25)27)38-19-6-14-36-17-15-35(4)16-18-36;1-2-3-4;1-2/h5,7-13,20-21,31H,6,14-19H2,1-4H3,(H,32,34,37);2-3H,1H2;1-2H3/b7-5-;;. The Hall–Kier alpha value is -4.54. The summed E-state index contributed by atoms with van der Waals surface area (Å²) < 4.78 is 12.4. The molecule has 1 aliphatic rings. The van der Waals surface area contributed by atoms with Crippen LogP contribution in [0.2, 0.25) is 0 Å². The van der Waals surface area contributed by atoms with Gasteiger partial charge in [0.05, 0.1) is 17.8 Å². The summed E-state index contributed by atoms with van der Waals surface area (Å²) in [6, 6.07) is 12.8. The SMILES string of the molecule is C/C=C\C(=NC)NC(=O)c1ccc(Oc2ccnc3cc(OCCCN4CCN(C)CC4)c(NC)cc23)cc1.C=CC=O.CC. The highest BCUT2D eigenvalue weighted by atomic mass is 16.5. The quantitative estimate of drug-likeness (QED) is 0.0913. The van der Waals surface area contributed by atoms with Gasteiger partial charge in [-0.25, -0.2) is 0 Å².